The van der Waals surface area contributed by atoms with Crippen molar-refractivity contribution in [3.63, 3.8) is 0 Å². The third-order valence-electron chi connectivity index (χ3n) is 2.30. The molecule has 0 unspecified atom stereocenters. The molecule has 0 bridgehead atoms. The second-order valence-electron chi connectivity index (χ2n) is 3.95. The summed E-state index contributed by atoms with van der Waals surface area (Å²) in [6.45, 7) is 3.58. The Morgan fingerprint density at radius 3 is 2.71 bits per heavy atom. The predicted octanol–water partition coefficient (Wildman–Crippen LogP) is 3.16. The lowest BCUT2D eigenvalue weighted by molar-refractivity contribution is 0.0802. The minimum absolute atomic E-state index is 0.807. The van der Waals surface area contributed by atoms with Gasteiger partial charge in [0.1, 0.15) is 0 Å². The van der Waals surface area contributed by atoms with E-state index in [-0.39, 0.29) is 0 Å². The third kappa shape index (κ3) is 1.57. The third-order valence-corrected chi connectivity index (χ3v) is 2.80. The molecule has 0 fully saturated rings. The number of halogens is 1. The monoisotopic (exact) mass is 253 g/mol. The Bertz CT molecular complexity index is 468. The molecule has 2 rings (SSSR count). The number of aliphatic hydroxyl groups is 1. The van der Waals surface area contributed by atoms with Crippen LogP contribution in [0.4, 0.5) is 0 Å². The van der Waals surface area contributed by atoms with Crippen LogP contribution in [0.3, 0.4) is 0 Å². The minimum atomic E-state index is -0.807. The lowest BCUT2D eigenvalue weighted by Gasteiger charge is -2.16. The van der Waals surface area contributed by atoms with Crippen LogP contribution in [0.15, 0.2) is 28.9 Å². The van der Waals surface area contributed by atoms with Gasteiger partial charge >= 0.3 is 0 Å². The minimum Gasteiger partial charge on any atom is -0.386 e. The summed E-state index contributed by atoms with van der Waals surface area (Å²) in [5, 5.41) is 11.0. The summed E-state index contributed by atoms with van der Waals surface area (Å²) in [5.74, 6) is 0. The van der Waals surface area contributed by atoms with E-state index in [2.05, 4.69) is 20.9 Å². The molecule has 0 amide bonds. The highest BCUT2D eigenvalue weighted by Crippen LogP contribution is 2.29. The molecule has 74 valence electrons. The number of hydrogen-bond acceptors (Lipinski definition) is 1. The Balaban J connectivity index is 2.73. The fourth-order valence-electron chi connectivity index (χ4n) is 1.60. The van der Waals surface area contributed by atoms with Gasteiger partial charge in [0.25, 0.3) is 0 Å². The summed E-state index contributed by atoms with van der Waals surface area (Å²) >= 11 is 3.42. The molecule has 2 aromatic rings. The second-order valence-corrected chi connectivity index (χ2v) is 4.87. The van der Waals surface area contributed by atoms with Crippen molar-refractivity contribution in [1.29, 1.82) is 0 Å². The highest BCUT2D eigenvalue weighted by Gasteiger charge is 2.19. The Kier molecular flexibility index (Phi) is 2.16. The quantitative estimate of drug-likeness (QED) is 0.805. The molecule has 1 heterocycles. The fraction of sp³-hybridized carbons (Fsp3) is 0.273. The molecule has 0 aliphatic carbocycles. The first-order valence-corrected chi connectivity index (χ1v) is 5.27. The largest absolute Gasteiger partial charge is 0.386 e. The zero-order valence-corrected chi connectivity index (χ0v) is 9.72. The standard InChI is InChI=1S/C11H12BrNO/c1-11(2,14)9-6-13-10-4-3-7(12)5-8(9)10/h3-6,13-14H,1-2H3. The summed E-state index contributed by atoms with van der Waals surface area (Å²) < 4.78 is 1.02. The lowest BCUT2D eigenvalue weighted by atomic mass is 9.98. The van der Waals surface area contributed by atoms with Crippen molar-refractivity contribution >= 4 is 26.8 Å². The van der Waals surface area contributed by atoms with E-state index in [4.69, 9.17) is 0 Å². The maximum absolute atomic E-state index is 9.93. The molecule has 1 aromatic heterocycles. The zero-order valence-electron chi connectivity index (χ0n) is 8.13. The van der Waals surface area contributed by atoms with Crippen LogP contribution in [0.1, 0.15) is 19.4 Å². The summed E-state index contributed by atoms with van der Waals surface area (Å²) in [6, 6.07) is 5.99. The van der Waals surface area contributed by atoms with Gasteiger partial charge in [-0.15, -0.1) is 0 Å². The van der Waals surface area contributed by atoms with Crippen molar-refractivity contribution < 1.29 is 5.11 Å². The van der Waals surface area contributed by atoms with Crippen LogP contribution in [0.25, 0.3) is 10.9 Å². The van der Waals surface area contributed by atoms with Gasteiger partial charge < -0.3 is 10.1 Å². The summed E-state index contributed by atoms with van der Waals surface area (Å²) in [7, 11) is 0. The van der Waals surface area contributed by atoms with Crippen molar-refractivity contribution in [1.82, 2.24) is 4.98 Å². The van der Waals surface area contributed by atoms with Gasteiger partial charge in [0.2, 0.25) is 0 Å². The van der Waals surface area contributed by atoms with Gasteiger partial charge in [0.15, 0.2) is 0 Å². The number of rotatable bonds is 1. The first-order chi connectivity index (χ1) is 6.48. The van der Waals surface area contributed by atoms with E-state index in [1.54, 1.807) is 13.8 Å². The van der Waals surface area contributed by atoms with E-state index in [0.717, 1.165) is 20.9 Å². The number of H-pyrrole nitrogens is 1. The molecule has 0 saturated carbocycles. The molecule has 0 atom stereocenters. The van der Waals surface area contributed by atoms with Crippen molar-refractivity contribution in [2.45, 2.75) is 19.4 Å². The average molecular weight is 254 g/mol. The number of hydrogen-bond donors (Lipinski definition) is 2. The van der Waals surface area contributed by atoms with Gasteiger partial charge in [-0.05, 0) is 32.0 Å². The average Bonchev–Trinajstić information content (AvgIpc) is 2.45. The van der Waals surface area contributed by atoms with E-state index in [1.165, 1.54) is 0 Å². The number of benzene rings is 1. The SMILES string of the molecule is CC(C)(O)c1c[nH]c2ccc(Br)cc12. The summed E-state index contributed by atoms with van der Waals surface area (Å²) in [6.07, 6.45) is 1.86. The molecule has 0 radical (unpaired) electrons. The molecule has 2 N–H and O–H groups in total. The molecular weight excluding hydrogens is 242 g/mol. The van der Waals surface area contributed by atoms with Crippen molar-refractivity contribution in [3.8, 4) is 0 Å². The van der Waals surface area contributed by atoms with Crippen LogP contribution in [-0.4, -0.2) is 10.1 Å². The van der Waals surface area contributed by atoms with E-state index in [9.17, 15) is 5.11 Å². The van der Waals surface area contributed by atoms with Crippen molar-refractivity contribution in [3.05, 3.63) is 34.4 Å². The Hall–Kier alpha value is -0.800. The summed E-state index contributed by atoms with van der Waals surface area (Å²) in [5.41, 5.74) is 1.16. The van der Waals surface area contributed by atoms with E-state index in [1.807, 2.05) is 24.4 Å². The first kappa shape index (κ1) is 9.74. The van der Waals surface area contributed by atoms with Gasteiger partial charge in [-0.1, -0.05) is 15.9 Å². The molecule has 0 aliphatic heterocycles. The number of aromatic nitrogens is 1. The van der Waals surface area contributed by atoms with Gasteiger partial charge in [-0.25, -0.2) is 0 Å². The Labute approximate surface area is 91.1 Å². The van der Waals surface area contributed by atoms with Crippen LogP contribution in [0, 0.1) is 0 Å². The lowest BCUT2D eigenvalue weighted by Crippen LogP contribution is -2.14. The predicted molar refractivity (Wildman–Crippen MR) is 61.2 cm³/mol. The molecule has 0 spiro atoms. The van der Waals surface area contributed by atoms with Crippen molar-refractivity contribution in [2.24, 2.45) is 0 Å². The van der Waals surface area contributed by atoms with Gasteiger partial charge in [-0.2, -0.15) is 0 Å². The van der Waals surface area contributed by atoms with Gasteiger partial charge in [-0.3, -0.25) is 0 Å². The van der Waals surface area contributed by atoms with E-state index in [0.29, 0.717) is 0 Å². The highest BCUT2D eigenvalue weighted by atomic mass is 79.9. The summed E-state index contributed by atoms with van der Waals surface area (Å²) in [4.78, 5) is 3.14. The van der Waals surface area contributed by atoms with E-state index < -0.39 is 5.60 Å². The van der Waals surface area contributed by atoms with E-state index >= 15 is 0 Å². The topological polar surface area (TPSA) is 36.0 Å². The number of fused-ring (bicyclic) bond motifs is 1. The van der Waals surface area contributed by atoms with Crippen molar-refractivity contribution in [2.75, 3.05) is 0 Å². The Morgan fingerprint density at radius 1 is 1.36 bits per heavy atom. The number of aromatic amines is 1. The van der Waals surface area contributed by atoms with Crippen LogP contribution < -0.4 is 0 Å². The van der Waals surface area contributed by atoms with Gasteiger partial charge in [0.05, 0.1) is 5.60 Å². The van der Waals surface area contributed by atoms with Crippen LogP contribution in [-0.2, 0) is 5.60 Å². The normalized spacial score (nSPS) is 12.3. The fourth-order valence-corrected chi connectivity index (χ4v) is 1.96. The van der Waals surface area contributed by atoms with Crippen LogP contribution >= 0.6 is 15.9 Å². The molecule has 2 nitrogen and oxygen atoms in total. The Morgan fingerprint density at radius 2 is 2.07 bits per heavy atom. The maximum Gasteiger partial charge on any atom is 0.0861 e. The molecule has 0 saturated heterocycles. The molecule has 1 aromatic carbocycles. The zero-order chi connectivity index (χ0) is 10.3. The maximum atomic E-state index is 9.93. The second kappa shape index (κ2) is 3.11. The highest BCUT2D eigenvalue weighted by molar-refractivity contribution is 9.10. The molecule has 0 aliphatic rings. The van der Waals surface area contributed by atoms with Crippen LogP contribution in [0.2, 0.25) is 0 Å². The van der Waals surface area contributed by atoms with Gasteiger partial charge in [0, 0.05) is 27.1 Å². The molecule has 14 heavy (non-hydrogen) atoms. The smallest absolute Gasteiger partial charge is 0.0861 e. The van der Waals surface area contributed by atoms with Crippen LogP contribution in [0.5, 0.6) is 0 Å². The number of nitrogens with one attached hydrogen (secondary N) is 1. The first-order valence-electron chi connectivity index (χ1n) is 4.48. The molecular formula is C11H12BrNO. The molecule has 3 heteroatoms.